The highest BCUT2D eigenvalue weighted by Crippen LogP contribution is 2.52. The summed E-state index contributed by atoms with van der Waals surface area (Å²) in [4.78, 5) is 14.9. The maximum Gasteiger partial charge on any atom is 0.254 e. The molecule has 3 nitrogen and oxygen atoms in total. The number of hydrogen-bond acceptors (Lipinski definition) is 2. The number of nitrogens with zero attached hydrogens (tertiary/aromatic N) is 1. The fraction of sp³-hybridized carbons (Fsp3) is 0.611. The molecular formula is C18H25NO2. The van der Waals surface area contributed by atoms with Gasteiger partial charge in [0.1, 0.15) is 5.75 Å². The standard InChI is InChI=1S/C18H25NO2/c1-17(2)9-14-10-18(3,11-17)12-19(14)16(20)13-5-7-15(21-4)8-6-13/h5-8,14H,9-12H2,1-4H3/t14-,18+/m0/s1. The van der Waals surface area contributed by atoms with Crippen LogP contribution in [0.3, 0.4) is 0 Å². The first-order valence-corrected chi connectivity index (χ1v) is 7.77. The Balaban J connectivity index is 1.82. The van der Waals surface area contributed by atoms with Gasteiger partial charge in [-0.25, -0.2) is 0 Å². The summed E-state index contributed by atoms with van der Waals surface area (Å²) in [6, 6.07) is 7.86. The number of ether oxygens (including phenoxy) is 1. The minimum Gasteiger partial charge on any atom is -0.497 e. The van der Waals surface area contributed by atoms with Crippen molar-refractivity contribution in [2.75, 3.05) is 13.7 Å². The molecule has 3 heteroatoms. The van der Waals surface area contributed by atoms with Crippen LogP contribution in [0, 0.1) is 10.8 Å². The molecule has 1 amide bonds. The summed E-state index contributed by atoms with van der Waals surface area (Å²) in [7, 11) is 1.64. The number of fused-ring (bicyclic) bond motifs is 2. The molecular weight excluding hydrogens is 262 g/mol. The Kier molecular flexibility index (Phi) is 3.27. The highest BCUT2D eigenvalue weighted by atomic mass is 16.5. The minimum absolute atomic E-state index is 0.170. The summed E-state index contributed by atoms with van der Waals surface area (Å²) in [6.07, 6.45) is 3.48. The molecule has 21 heavy (non-hydrogen) atoms. The zero-order valence-corrected chi connectivity index (χ0v) is 13.5. The van der Waals surface area contributed by atoms with Crippen LogP contribution in [0.15, 0.2) is 24.3 Å². The maximum absolute atomic E-state index is 12.8. The van der Waals surface area contributed by atoms with Crippen molar-refractivity contribution in [2.45, 2.75) is 46.1 Å². The van der Waals surface area contributed by atoms with E-state index >= 15 is 0 Å². The number of likely N-dealkylation sites (tertiary alicyclic amines) is 1. The Hall–Kier alpha value is -1.51. The zero-order chi connectivity index (χ0) is 15.3. The van der Waals surface area contributed by atoms with Gasteiger partial charge in [-0.15, -0.1) is 0 Å². The van der Waals surface area contributed by atoms with E-state index in [2.05, 4.69) is 25.7 Å². The third-order valence-electron chi connectivity index (χ3n) is 5.01. The van der Waals surface area contributed by atoms with Crippen molar-refractivity contribution < 1.29 is 9.53 Å². The van der Waals surface area contributed by atoms with Gasteiger partial charge in [-0.2, -0.15) is 0 Å². The SMILES string of the molecule is COc1ccc(C(=O)N2C[C@]3(C)C[C@@H]2CC(C)(C)C3)cc1. The van der Waals surface area contributed by atoms with E-state index in [1.807, 2.05) is 24.3 Å². The number of amides is 1. The van der Waals surface area contributed by atoms with Crippen LogP contribution < -0.4 is 4.74 Å². The van der Waals surface area contributed by atoms with Crippen LogP contribution in [-0.4, -0.2) is 30.5 Å². The predicted molar refractivity (Wildman–Crippen MR) is 83.6 cm³/mol. The zero-order valence-electron chi connectivity index (χ0n) is 13.5. The largest absolute Gasteiger partial charge is 0.497 e. The molecule has 1 saturated heterocycles. The topological polar surface area (TPSA) is 29.5 Å². The Labute approximate surface area is 127 Å². The molecule has 0 radical (unpaired) electrons. The molecule has 1 aromatic rings. The van der Waals surface area contributed by atoms with Crippen LogP contribution in [0.4, 0.5) is 0 Å². The first kappa shape index (κ1) is 14.4. The first-order valence-electron chi connectivity index (χ1n) is 7.77. The Morgan fingerprint density at radius 1 is 1.19 bits per heavy atom. The molecule has 114 valence electrons. The summed E-state index contributed by atoms with van der Waals surface area (Å²) < 4.78 is 5.16. The van der Waals surface area contributed by atoms with E-state index in [4.69, 9.17) is 4.74 Å². The highest BCUT2D eigenvalue weighted by Gasteiger charge is 2.50. The fourth-order valence-corrected chi connectivity index (χ4v) is 4.60. The lowest BCUT2D eigenvalue weighted by atomic mass is 9.65. The fourth-order valence-electron chi connectivity index (χ4n) is 4.60. The molecule has 0 spiro atoms. The van der Waals surface area contributed by atoms with Gasteiger partial charge in [0.25, 0.3) is 5.91 Å². The van der Waals surface area contributed by atoms with Crippen molar-refractivity contribution in [1.82, 2.24) is 4.90 Å². The quantitative estimate of drug-likeness (QED) is 0.829. The molecule has 0 N–H and O–H groups in total. The van der Waals surface area contributed by atoms with Crippen LogP contribution in [-0.2, 0) is 0 Å². The van der Waals surface area contributed by atoms with Crippen LogP contribution >= 0.6 is 0 Å². The predicted octanol–water partition coefficient (Wildman–Crippen LogP) is 3.74. The van der Waals surface area contributed by atoms with E-state index < -0.39 is 0 Å². The number of benzene rings is 1. The molecule has 1 heterocycles. The summed E-state index contributed by atoms with van der Waals surface area (Å²) in [5, 5.41) is 0. The van der Waals surface area contributed by atoms with Crippen LogP contribution in [0.25, 0.3) is 0 Å². The van der Waals surface area contributed by atoms with Crippen molar-refractivity contribution in [3.8, 4) is 5.75 Å². The maximum atomic E-state index is 12.8. The first-order chi connectivity index (χ1) is 9.82. The molecule has 0 unspecified atom stereocenters. The van der Waals surface area contributed by atoms with Crippen molar-refractivity contribution in [2.24, 2.45) is 10.8 Å². The molecule has 1 saturated carbocycles. The lowest BCUT2D eigenvalue weighted by Crippen LogP contribution is -2.37. The monoisotopic (exact) mass is 287 g/mol. The van der Waals surface area contributed by atoms with Gasteiger partial charge < -0.3 is 9.64 Å². The van der Waals surface area contributed by atoms with Gasteiger partial charge in [-0.1, -0.05) is 20.8 Å². The Bertz CT molecular complexity index is 549. The Morgan fingerprint density at radius 2 is 1.86 bits per heavy atom. The minimum atomic E-state index is 0.170. The van der Waals surface area contributed by atoms with Crippen LogP contribution in [0.2, 0.25) is 0 Å². The number of rotatable bonds is 2. The summed E-state index contributed by atoms with van der Waals surface area (Å²) in [5.74, 6) is 0.962. The van der Waals surface area contributed by atoms with Gasteiger partial charge in [-0.3, -0.25) is 4.79 Å². The van der Waals surface area contributed by atoms with Crippen LogP contribution in [0.1, 0.15) is 50.4 Å². The smallest absolute Gasteiger partial charge is 0.254 e. The third-order valence-corrected chi connectivity index (χ3v) is 5.01. The third kappa shape index (κ3) is 2.66. The highest BCUT2D eigenvalue weighted by molar-refractivity contribution is 5.94. The van der Waals surface area contributed by atoms with Gasteiger partial charge in [0.05, 0.1) is 7.11 Å². The van der Waals surface area contributed by atoms with E-state index in [9.17, 15) is 4.79 Å². The van der Waals surface area contributed by atoms with Gasteiger partial charge >= 0.3 is 0 Å². The summed E-state index contributed by atoms with van der Waals surface area (Å²) in [6.45, 7) is 7.89. The molecule has 3 rings (SSSR count). The van der Waals surface area contributed by atoms with Crippen molar-refractivity contribution in [1.29, 1.82) is 0 Å². The van der Waals surface area contributed by atoms with Gasteiger partial charge in [0, 0.05) is 18.2 Å². The average molecular weight is 287 g/mol. The lowest BCUT2D eigenvalue weighted by molar-refractivity contribution is 0.0708. The summed E-state index contributed by atoms with van der Waals surface area (Å²) >= 11 is 0. The summed E-state index contributed by atoms with van der Waals surface area (Å²) in [5.41, 5.74) is 1.39. The second kappa shape index (κ2) is 4.75. The number of carbonyl (C=O) groups excluding carboxylic acids is 1. The van der Waals surface area contributed by atoms with Gasteiger partial charge in [0.2, 0.25) is 0 Å². The van der Waals surface area contributed by atoms with Crippen molar-refractivity contribution in [3.63, 3.8) is 0 Å². The number of methoxy groups -OCH3 is 1. The van der Waals surface area contributed by atoms with E-state index in [-0.39, 0.29) is 11.3 Å². The number of hydrogen-bond donors (Lipinski definition) is 0. The molecule has 1 aliphatic carbocycles. The van der Waals surface area contributed by atoms with Gasteiger partial charge in [0.15, 0.2) is 0 Å². The Morgan fingerprint density at radius 3 is 2.48 bits per heavy atom. The molecule has 2 fully saturated rings. The normalized spacial score (nSPS) is 30.3. The van der Waals surface area contributed by atoms with E-state index in [1.165, 1.54) is 6.42 Å². The van der Waals surface area contributed by atoms with E-state index in [0.29, 0.717) is 11.5 Å². The molecule has 1 aliphatic heterocycles. The molecule has 0 aromatic heterocycles. The number of carbonyl (C=O) groups is 1. The van der Waals surface area contributed by atoms with E-state index in [1.54, 1.807) is 7.11 Å². The lowest BCUT2D eigenvalue weighted by Gasteiger charge is -2.39. The second-order valence-electron chi connectivity index (χ2n) is 7.88. The van der Waals surface area contributed by atoms with Crippen molar-refractivity contribution >= 4 is 5.91 Å². The molecule has 1 aromatic carbocycles. The van der Waals surface area contributed by atoms with E-state index in [0.717, 1.165) is 30.7 Å². The van der Waals surface area contributed by atoms with Crippen molar-refractivity contribution in [3.05, 3.63) is 29.8 Å². The second-order valence-corrected chi connectivity index (χ2v) is 7.88. The van der Waals surface area contributed by atoms with Crippen LogP contribution in [0.5, 0.6) is 5.75 Å². The molecule has 2 aliphatic rings. The average Bonchev–Trinajstić information content (AvgIpc) is 2.67. The van der Waals surface area contributed by atoms with Gasteiger partial charge in [-0.05, 0) is 54.4 Å². The molecule has 2 atom stereocenters. The molecule has 2 bridgehead atoms.